The summed E-state index contributed by atoms with van der Waals surface area (Å²) < 4.78 is 0. The number of aliphatic hydroxyl groups is 2. The first kappa shape index (κ1) is 27.3. The van der Waals surface area contributed by atoms with Crippen molar-refractivity contribution in [1.29, 1.82) is 0 Å². The molecule has 4 nitrogen and oxygen atoms in total. The molecule has 0 aliphatic heterocycles. The minimum atomic E-state index is -0.726. The number of aliphatic hydroxyl groups excluding tert-OH is 2. The van der Waals surface area contributed by atoms with E-state index in [1.54, 1.807) is 6.08 Å². The lowest BCUT2D eigenvalue weighted by molar-refractivity contribution is 0.100. The smallest absolute Gasteiger partial charge is 0.0971 e. The second kappa shape index (κ2) is 11.0. The predicted octanol–water partition coefficient (Wildman–Crippen LogP) is 5.55. The number of halogens is 2. The quantitative estimate of drug-likeness (QED) is 0.467. The molecule has 0 radical (unpaired) electrons. The first-order chi connectivity index (χ1) is 14.7. The first-order valence-corrected chi connectivity index (χ1v) is 12.3. The van der Waals surface area contributed by atoms with Gasteiger partial charge < -0.3 is 15.1 Å². The lowest BCUT2D eigenvalue weighted by Gasteiger charge is -2.38. The summed E-state index contributed by atoms with van der Waals surface area (Å²) >= 11 is 12.2. The van der Waals surface area contributed by atoms with Crippen LogP contribution in [-0.2, 0) is 0 Å². The van der Waals surface area contributed by atoms with E-state index in [4.69, 9.17) is 23.2 Å². The highest BCUT2D eigenvalue weighted by Crippen LogP contribution is 2.40. The topological polar surface area (TPSA) is 56.1 Å². The molecule has 2 aliphatic carbocycles. The molecule has 0 aromatic rings. The van der Waals surface area contributed by atoms with Gasteiger partial charge in [-0.3, -0.25) is 4.99 Å². The molecule has 4 atom stereocenters. The Morgan fingerprint density at radius 2 is 1.69 bits per heavy atom. The number of hydrogen-bond donors (Lipinski definition) is 2. The Bertz CT molecular complexity index is 813. The molecule has 0 saturated heterocycles. The van der Waals surface area contributed by atoms with Crippen molar-refractivity contribution in [3.8, 4) is 0 Å². The van der Waals surface area contributed by atoms with Gasteiger partial charge in [0.25, 0.3) is 0 Å². The summed E-state index contributed by atoms with van der Waals surface area (Å²) in [5.41, 5.74) is 2.06. The van der Waals surface area contributed by atoms with Crippen LogP contribution in [0.25, 0.3) is 0 Å². The number of allylic oxidation sites excluding steroid dienone is 4. The summed E-state index contributed by atoms with van der Waals surface area (Å²) in [5, 5.41) is 22.3. The molecule has 0 aromatic carbocycles. The van der Waals surface area contributed by atoms with Gasteiger partial charge in [0, 0.05) is 41.2 Å². The van der Waals surface area contributed by atoms with Crippen LogP contribution in [0.1, 0.15) is 48.5 Å². The van der Waals surface area contributed by atoms with E-state index < -0.39 is 12.2 Å². The zero-order valence-electron chi connectivity index (χ0n) is 20.6. The van der Waals surface area contributed by atoms with Crippen LogP contribution >= 0.6 is 23.2 Å². The zero-order valence-corrected chi connectivity index (χ0v) is 22.1. The Balaban J connectivity index is 2.05. The van der Waals surface area contributed by atoms with E-state index in [1.165, 1.54) is 5.57 Å². The molecular formula is C26H40Cl2N2O2. The standard InChI is InChI=1S/C26H40Cl2N2O2/c1-8-30(16-18-12-20(27)14-22(28)24(18)32)10-9-29-15-17-11-19(25(2,3)4)13-21(23(17)31)26(5,6)7/h11-15,18,21,23-24,31-32H,8-10,16H2,1-7H3/b29-15+. The Hall–Kier alpha value is -0.910. The van der Waals surface area contributed by atoms with Gasteiger partial charge in [-0.15, -0.1) is 0 Å². The normalized spacial score (nSPS) is 27.4. The maximum absolute atomic E-state index is 11.0. The Morgan fingerprint density at radius 3 is 2.25 bits per heavy atom. The number of aliphatic imine (C=N–C) groups is 1. The maximum Gasteiger partial charge on any atom is 0.0971 e. The van der Waals surface area contributed by atoms with Crippen molar-refractivity contribution in [2.45, 2.75) is 60.7 Å². The summed E-state index contributed by atoms with van der Waals surface area (Å²) in [5.74, 6) is -0.101. The lowest BCUT2D eigenvalue weighted by Crippen LogP contribution is -2.37. The molecule has 0 bridgehead atoms. The molecule has 0 fully saturated rings. The van der Waals surface area contributed by atoms with E-state index in [9.17, 15) is 10.2 Å². The van der Waals surface area contributed by atoms with Crippen LogP contribution in [0.5, 0.6) is 0 Å². The van der Waals surface area contributed by atoms with Crippen LogP contribution in [-0.4, -0.2) is 59.7 Å². The molecule has 0 aromatic heterocycles. The molecular weight excluding hydrogens is 443 g/mol. The van der Waals surface area contributed by atoms with Gasteiger partial charge in [-0.05, 0) is 34.6 Å². The first-order valence-electron chi connectivity index (χ1n) is 11.5. The molecule has 2 aliphatic rings. The second-order valence-corrected chi connectivity index (χ2v) is 11.8. The minimum absolute atomic E-state index is 0.00703. The van der Waals surface area contributed by atoms with Gasteiger partial charge in [0.1, 0.15) is 0 Å². The Morgan fingerprint density at radius 1 is 1.03 bits per heavy atom. The Kier molecular flexibility index (Phi) is 9.41. The molecule has 2 N–H and O–H groups in total. The average molecular weight is 484 g/mol. The molecule has 6 heteroatoms. The third-order valence-corrected chi connectivity index (χ3v) is 6.84. The van der Waals surface area contributed by atoms with Crippen molar-refractivity contribution in [2.75, 3.05) is 26.2 Å². The van der Waals surface area contributed by atoms with Crippen molar-refractivity contribution in [3.05, 3.63) is 45.5 Å². The van der Waals surface area contributed by atoms with E-state index in [-0.39, 0.29) is 22.7 Å². The van der Waals surface area contributed by atoms with Crippen LogP contribution in [0.2, 0.25) is 0 Å². The molecule has 4 unspecified atom stereocenters. The third-order valence-electron chi connectivity index (χ3n) is 6.27. The molecule has 0 heterocycles. The van der Waals surface area contributed by atoms with Gasteiger partial charge in [0.05, 0.1) is 18.8 Å². The van der Waals surface area contributed by atoms with Crippen molar-refractivity contribution in [1.82, 2.24) is 4.90 Å². The highest BCUT2D eigenvalue weighted by Gasteiger charge is 2.35. The molecule has 0 amide bonds. The van der Waals surface area contributed by atoms with Crippen LogP contribution in [0.3, 0.4) is 0 Å². The van der Waals surface area contributed by atoms with E-state index in [1.807, 2.05) is 12.3 Å². The maximum atomic E-state index is 11.0. The fraction of sp³-hybridized carbons (Fsp3) is 0.654. The van der Waals surface area contributed by atoms with Gasteiger partial charge in [-0.2, -0.15) is 0 Å². The van der Waals surface area contributed by atoms with E-state index in [0.717, 1.165) is 18.7 Å². The third kappa shape index (κ3) is 7.30. The summed E-state index contributed by atoms with van der Waals surface area (Å²) in [6.07, 6.45) is 8.32. The average Bonchev–Trinajstić information content (AvgIpc) is 2.67. The van der Waals surface area contributed by atoms with Crippen LogP contribution in [0, 0.1) is 22.7 Å². The SMILES string of the molecule is CCN(CC/N=C/C1=CC(C(C)(C)C)=CC(C(C)(C)C)C1O)CC1C=C(Cl)C=C(Cl)C1O. The van der Waals surface area contributed by atoms with Gasteiger partial charge in [-0.1, -0.05) is 89.9 Å². The van der Waals surface area contributed by atoms with Crippen molar-refractivity contribution in [2.24, 2.45) is 27.7 Å². The molecule has 32 heavy (non-hydrogen) atoms. The second-order valence-electron chi connectivity index (χ2n) is 11.0. The van der Waals surface area contributed by atoms with Crippen molar-refractivity contribution in [3.63, 3.8) is 0 Å². The van der Waals surface area contributed by atoms with Gasteiger partial charge in [-0.25, -0.2) is 0 Å². The number of rotatable bonds is 7. The van der Waals surface area contributed by atoms with E-state index in [0.29, 0.717) is 23.2 Å². The van der Waals surface area contributed by atoms with Crippen molar-refractivity contribution >= 4 is 29.4 Å². The van der Waals surface area contributed by atoms with Crippen molar-refractivity contribution < 1.29 is 10.2 Å². The highest BCUT2D eigenvalue weighted by molar-refractivity contribution is 6.35. The monoisotopic (exact) mass is 482 g/mol. The van der Waals surface area contributed by atoms with Gasteiger partial charge in [0.15, 0.2) is 0 Å². The fourth-order valence-electron chi connectivity index (χ4n) is 4.07. The number of likely N-dealkylation sites (N-methyl/N-ethyl adjacent to an activating group) is 1. The number of nitrogens with zero attached hydrogens (tertiary/aromatic N) is 2. The summed E-state index contributed by atoms with van der Waals surface area (Å²) in [7, 11) is 0. The van der Waals surface area contributed by atoms with E-state index >= 15 is 0 Å². The number of hydrogen-bond acceptors (Lipinski definition) is 4. The van der Waals surface area contributed by atoms with Crippen LogP contribution in [0.4, 0.5) is 0 Å². The summed E-state index contributed by atoms with van der Waals surface area (Å²) in [6.45, 7) is 18.0. The molecule has 0 saturated carbocycles. The summed E-state index contributed by atoms with van der Waals surface area (Å²) in [4.78, 5) is 6.87. The Labute approximate surface area is 204 Å². The predicted molar refractivity (Wildman–Crippen MR) is 137 cm³/mol. The molecule has 2 rings (SSSR count). The molecule has 180 valence electrons. The van der Waals surface area contributed by atoms with Gasteiger partial charge >= 0.3 is 0 Å². The fourth-order valence-corrected chi connectivity index (χ4v) is 4.69. The van der Waals surface area contributed by atoms with Gasteiger partial charge in [0.2, 0.25) is 0 Å². The van der Waals surface area contributed by atoms with Crippen LogP contribution < -0.4 is 0 Å². The molecule has 0 spiro atoms. The lowest BCUT2D eigenvalue weighted by atomic mass is 9.69. The minimum Gasteiger partial charge on any atom is -0.388 e. The van der Waals surface area contributed by atoms with E-state index in [2.05, 4.69) is 70.5 Å². The van der Waals surface area contributed by atoms with Crippen LogP contribution in [0.15, 0.2) is 50.5 Å². The zero-order chi connectivity index (χ0) is 24.3. The highest BCUT2D eigenvalue weighted by atomic mass is 35.5. The summed E-state index contributed by atoms with van der Waals surface area (Å²) in [6, 6.07) is 0. The largest absolute Gasteiger partial charge is 0.388 e.